The molecule has 0 saturated heterocycles. The van der Waals surface area contributed by atoms with Gasteiger partial charge in [-0.1, -0.05) is 23.7 Å². The van der Waals surface area contributed by atoms with E-state index in [1.165, 1.54) is 36.4 Å². The molecular formula is C15H8ClF2N. The van der Waals surface area contributed by atoms with E-state index in [4.69, 9.17) is 16.9 Å². The summed E-state index contributed by atoms with van der Waals surface area (Å²) in [7, 11) is 0. The third-order valence-electron chi connectivity index (χ3n) is 2.50. The lowest BCUT2D eigenvalue weighted by Gasteiger charge is -2.02. The van der Waals surface area contributed by atoms with E-state index in [0.717, 1.165) is 6.07 Å². The lowest BCUT2D eigenvalue weighted by molar-refractivity contribution is 0.624. The standard InChI is InChI=1S/C15H8ClF2N/c16-12-4-5-14(15(18)8-12)11(9-19)6-10-2-1-3-13(17)7-10/h1-8H/b11-6+. The third-order valence-corrected chi connectivity index (χ3v) is 2.74. The minimum absolute atomic E-state index is 0.111. The van der Waals surface area contributed by atoms with Crippen LogP contribution in [0.3, 0.4) is 0 Å². The number of halogens is 3. The van der Waals surface area contributed by atoms with Crippen molar-refractivity contribution in [1.29, 1.82) is 5.26 Å². The molecule has 2 rings (SSSR count). The second-order valence-corrected chi connectivity index (χ2v) is 4.29. The molecule has 0 aliphatic rings. The molecule has 0 heterocycles. The molecule has 0 amide bonds. The van der Waals surface area contributed by atoms with Gasteiger partial charge in [0.2, 0.25) is 0 Å². The van der Waals surface area contributed by atoms with Gasteiger partial charge in [-0.25, -0.2) is 8.78 Å². The van der Waals surface area contributed by atoms with Gasteiger partial charge in [0.25, 0.3) is 0 Å². The highest BCUT2D eigenvalue weighted by molar-refractivity contribution is 6.30. The third kappa shape index (κ3) is 3.18. The van der Waals surface area contributed by atoms with Gasteiger partial charge in [-0.3, -0.25) is 0 Å². The molecule has 0 bridgehead atoms. The van der Waals surface area contributed by atoms with Gasteiger partial charge in [-0.05, 0) is 42.0 Å². The van der Waals surface area contributed by atoms with Crippen molar-refractivity contribution in [3.8, 4) is 6.07 Å². The van der Waals surface area contributed by atoms with E-state index in [-0.39, 0.29) is 16.2 Å². The van der Waals surface area contributed by atoms with Crippen LogP contribution >= 0.6 is 11.6 Å². The predicted octanol–water partition coefficient (Wildman–Crippen LogP) is 4.68. The molecule has 4 heteroatoms. The maximum absolute atomic E-state index is 13.7. The van der Waals surface area contributed by atoms with Crippen molar-refractivity contribution in [3.05, 3.63) is 70.2 Å². The number of benzene rings is 2. The van der Waals surface area contributed by atoms with Crippen LogP contribution < -0.4 is 0 Å². The molecule has 0 radical (unpaired) electrons. The quantitative estimate of drug-likeness (QED) is 0.576. The molecule has 2 aromatic carbocycles. The molecule has 0 fully saturated rings. The summed E-state index contributed by atoms with van der Waals surface area (Å²) in [6.07, 6.45) is 1.43. The highest BCUT2D eigenvalue weighted by atomic mass is 35.5. The van der Waals surface area contributed by atoms with E-state index < -0.39 is 11.6 Å². The van der Waals surface area contributed by atoms with Gasteiger partial charge in [-0.2, -0.15) is 5.26 Å². The van der Waals surface area contributed by atoms with Crippen LogP contribution in [-0.4, -0.2) is 0 Å². The molecule has 1 nitrogen and oxygen atoms in total. The molecule has 0 unspecified atom stereocenters. The smallest absolute Gasteiger partial charge is 0.133 e. The number of nitriles is 1. The Morgan fingerprint density at radius 1 is 1.16 bits per heavy atom. The number of hydrogen-bond donors (Lipinski definition) is 0. The first-order valence-electron chi connectivity index (χ1n) is 5.43. The van der Waals surface area contributed by atoms with Crippen LogP contribution in [0.5, 0.6) is 0 Å². The van der Waals surface area contributed by atoms with E-state index >= 15 is 0 Å². The maximum atomic E-state index is 13.7. The summed E-state index contributed by atoms with van der Waals surface area (Å²) in [6.45, 7) is 0. The second kappa shape index (κ2) is 5.64. The molecule has 0 saturated carbocycles. The fourth-order valence-electron chi connectivity index (χ4n) is 1.64. The summed E-state index contributed by atoms with van der Waals surface area (Å²) in [5, 5.41) is 9.35. The van der Waals surface area contributed by atoms with Gasteiger partial charge in [-0.15, -0.1) is 0 Å². The topological polar surface area (TPSA) is 23.8 Å². The summed E-state index contributed by atoms with van der Waals surface area (Å²) in [6, 6.07) is 11.7. The molecule has 0 aromatic heterocycles. The molecule has 94 valence electrons. The Kier molecular flexibility index (Phi) is 3.94. The van der Waals surface area contributed by atoms with Gasteiger partial charge in [0.15, 0.2) is 0 Å². The zero-order valence-electron chi connectivity index (χ0n) is 9.70. The summed E-state index contributed by atoms with van der Waals surface area (Å²) in [4.78, 5) is 0. The first-order chi connectivity index (χ1) is 9.10. The number of hydrogen-bond acceptors (Lipinski definition) is 1. The van der Waals surface area contributed by atoms with Gasteiger partial charge in [0.1, 0.15) is 11.6 Å². The summed E-state index contributed by atoms with van der Waals surface area (Å²) in [5.41, 5.74) is 0.738. The molecule has 0 spiro atoms. The van der Waals surface area contributed by atoms with E-state index in [1.807, 2.05) is 6.07 Å². The van der Waals surface area contributed by atoms with Gasteiger partial charge in [0.05, 0.1) is 11.6 Å². The monoisotopic (exact) mass is 275 g/mol. The average Bonchev–Trinajstić information content (AvgIpc) is 2.37. The van der Waals surface area contributed by atoms with Crippen molar-refractivity contribution < 1.29 is 8.78 Å². The second-order valence-electron chi connectivity index (χ2n) is 3.85. The Bertz CT molecular complexity index is 687. The molecule has 0 aliphatic heterocycles. The maximum Gasteiger partial charge on any atom is 0.133 e. The highest BCUT2D eigenvalue weighted by Gasteiger charge is 2.08. The Morgan fingerprint density at radius 3 is 2.58 bits per heavy atom. The van der Waals surface area contributed by atoms with Gasteiger partial charge < -0.3 is 0 Å². The van der Waals surface area contributed by atoms with Crippen LogP contribution in [0.4, 0.5) is 8.78 Å². The van der Waals surface area contributed by atoms with Crippen LogP contribution in [0.25, 0.3) is 11.6 Å². The van der Waals surface area contributed by atoms with Gasteiger partial charge in [0, 0.05) is 10.6 Å². The summed E-state index contributed by atoms with van der Waals surface area (Å²) >= 11 is 5.65. The minimum Gasteiger partial charge on any atom is -0.207 e. The first-order valence-corrected chi connectivity index (χ1v) is 5.81. The van der Waals surface area contributed by atoms with Crippen molar-refractivity contribution in [2.75, 3.05) is 0 Å². The van der Waals surface area contributed by atoms with Crippen LogP contribution in [0.1, 0.15) is 11.1 Å². The fourth-order valence-corrected chi connectivity index (χ4v) is 1.80. The Hall–Kier alpha value is -2.18. The largest absolute Gasteiger partial charge is 0.207 e. The van der Waals surface area contributed by atoms with E-state index in [9.17, 15) is 8.78 Å². The number of allylic oxidation sites excluding steroid dienone is 1. The normalized spacial score (nSPS) is 11.2. The van der Waals surface area contributed by atoms with E-state index in [2.05, 4.69) is 0 Å². The molecule has 0 N–H and O–H groups in total. The minimum atomic E-state index is -0.586. The summed E-state index contributed by atoms with van der Waals surface area (Å²) < 4.78 is 26.8. The zero-order valence-corrected chi connectivity index (χ0v) is 10.5. The Labute approximate surface area is 114 Å². The fraction of sp³-hybridized carbons (Fsp3) is 0. The SMILES string of the molecule is N#C/C(=C\c1cccc(F)c1)c1ccc(Cl)cc1F. The number of nitrogens with zero attached hydrogens (tertiary/aromatic N) is 1. The van der Waals surface area contributed by atoms with E-state index in [1.54, 1.807) is 6.07 Å². The lowest BCUT2D eigenvalue weighted by Crippen LogP contribution is -1.88. The van der Waals surface area contributed by atoms with E-state index in [0.29, 0.717) is 5.56 Å². The van der Waals surface area contributed by atoms with Crippen molar-refractivity contribution in [2.45, 2.75) is 0 Å². The van der Waals surface area contributed by atoms with Crippen LogP contribution in [0, 0.1) is 23.0 Å². The van der Waals surface area contributed by atoms with Crippen molar-refractivity contribution in [1.82, 2.24) is 0 Å². The van der Waals surface area contributed by atoms with Crippen molar-refractivity contribution in [2.24, 2.45) is 0 Å². The zero-order chi connectivity index (χ0) is 13.8. The Balaban J connectivity index is 2.48. The molecule has 2 aromatic rings. The van der Waals surface area contributed by atoms with Gasteiger partial charge >= 0.3 is 0 Å². The van der Waals surface area contributed by atoms with Crippen molar-refractivity contribution in [3.63, 3.8) is 0 Å². The summed E-state index contributed by atoms with van der Waals surface area (Å²) in [5.74, 6) is -1.00. The average molecular weight is 276 g/mol. The molecule has 19 heavy (non-hydrogen) atoms. The molecule has 0 atom stereocenters. The lowest BCUT2D eigenvalue weighted by atomic mass is 10.0. The van der Waals surface area contributed by atoms with Crippen LogP contribution in [-0.2, 0) is 0 Å². The Morgan fingerprint density at radius 2 is 1.95 bits per heavy atom. The number of rotatable bonds is 2. The molecular weight excluding hydrogens is 268 g/mol. The van der Waals surface area contributed by atoms with Crippen LogP contribution in [0.2, 0.25) is 5.02 Å². The molecule has 0 aliphatic carbocycles. The predicted molar refractivity (Wildman–Crippen MR) is 71.3 cm³/mol. The van der Waals surface area contributed by atoms with Crippen LogP contribution in [0.15, 0.2) is 42.5 Å². The highest BCUT2D eigenvalue weighted by Crippen LogP contribution is 2.23. The van der Waals surface area contributed by atoms with Crippen molar-refractivity contribution >= 4 is 23.3 Å². The first kappa shape index (κ1) is 13.3.